The van der Waals surface area contributed by atoms with Crippen LogP contribution in [-0.2, 0) is 11.3 Å². The minimum Gasteiger partial charge on any atom is -0.497 e. The van der Waals surface area contributed by atoms with Gasteiger partial charge in [0.15, 0.2) is 6.54 Å². The number of carboxylic acids is 1. The third-order valence-electron chi connectivity index (χ3n) is 2.34. The van der Waals surface area contributed by atoms with E-state index in [0.29, 0.717) is 22.9 Å². The summed E-state index contributed by atoms with van der Waals surface area (Å²) in [5.41, 5.74) is 0.632. The van der Waals surface area contributed by atoms with Crippen LogP contribution in [0.2, 0.25) is 0 Å². The maximum atomic E-state index is 10.5. The second kappa shape index (κ2) is 5.34. The molecule has 1 aromatic carbocycles. The minimum atomic E-state index is -1.04. The second-order valence-electron chi connectivity index (χ2n) is 3.64. The zero-order valence-electron chi connectivity index (χ0n) is 10.4. The van der Waals surface area contributed by atoms with E-state index >= 15 is 0 Å². The van der Waals surface area contributed by atoms with Crippen molar-refractivity contribution in [3.63, 3.8) is 0 Å². The molecule has 2 rings (SSSR count). The Morgan fingerprint density at radius 1 is 1.26 bits per heavy atom. The number of rotatable bonds is 5. The van der Waals surface area contributed by atoms with Gasteiger partial charge in [0.2, 0.25) is 5.82 Å². The number of aromatic nitrogens is 4. The van der Waals surface area contributed by atoms with Crippen molar-refractivity contribution in [3.8, 4) is 22.9 Å². The molecule has 0 bridgehead atoms. The fourth-order valence-corrected chi connectivity index (χ4v) is 1.48. The normalized spacial score (nSPS) is 10.2. The van der Waals surface area contributed by atoms with E-state index in [1.54, 1.807) is 18.2 Å². The quantitative estimate of drug-likeness (QED) is 0.836. The second-order valence-corrected chi connectivity index (χ2v) is 3.64. The summed E-state index contributed by atoms with van der Waals surface area (Å²) in [4.78, 5) is 11.6. The average molecular weight is 264 g/mol. The van der Waals surface area contributed by atoms with Gasteiger partial charge in [-0.25, -0.2) is 0 Å². The zero-order valence-corrected chi connectivity index (χ0v) is 10.4. The number of aliphatic carboxylic acids is 1. The fraction of sp³-hybridized carbons (Fsp3) is 0.273. The summed E-state index contributed by atoms with van der Waals surface area (Å²) >= 11 is 0. The van der Waals surface area contributed by atoms with Gasteiger partial charge in [0.05, 0.1) is 14.2 Å². The molecule has 0 fully saturated rings. The Labute approximate surface area is 108 Å². The lowest BCUT2D eigenvalue weighted by molar-refractivity contribution is -0.138. The number of benzene rings is 1. The fourth-order valence-electron chi connectivity index (χ4n) is 1.48. The van der Waals surface area contributed by atoms with Crippen molar-refractivity contribution in [3.05, 3.63) is 18.2 Å². The van der Waals surface area contributed by atoms with Crippen LogP contribution in [0.4, 0.5) is 0 Å². The van der Waals surface area contributed by atoms with E-state index < -0.39 is 5.97 Å². The van der Waals surface area contributed by atoms with E-state index in [1.807, 2.05) is 0 Å². The lowest BCUT2D eigenvalue weighted by Crippen LogP contribution is -2.11. The molecule has 0 atom stereocenters. The molecule has 1 heterocycles. The molecule has 0 spiro atoms. The first-order valence-electron chi connectivity index (χ1n) is 5.35. The number of carbonyl (C=O) groups is 1. The maximum absolute atomic E-state index is 10.5. The van der Waals surface area contributed by atoms with Crippen LogP contribution in [0.5, 0.6) is 11.5 Å². The first kappa shape index (κ1) is 12.8. The molecule has 0 saturated carbocycles. The average Bonchev–Trinajstić information content (AvgIpc) is 2.85. The molecule has 0 aliphatic carbocycles. The molecule has 0 unspecified atom stereocenters. The Balaban J connectivity index is 2.35. The van der Waals surface area contributed by atoms with Crippen LogP contribution in [0.1, 0.15) is 0 Å². The van der Waals surface area contributed by atoms with Crippen LogP contribution < -0.4 is 9.47 Å². The summed E-state index contributed by atoms with van der Waals surface area (Å²) in [7, 11) is 3.07. The van der Waals surface area contributed by atoms with Crippen LogP contribution in [0.25, 0.3) is 11.4 Å². The Morgan fingerprint density at radius 3 is 2.42 bits per heavy atom. The molecule has 8 nitrogen and oxygen atoms in total. The summed E-state index contributed by atoms with van der Waals surface area (Å²) < 4.78 is 10.3. The van der Waals surface area contributed by atoms with Crippen LogP contribution in [-0.4, -0.2) is 45.5 Å². The van der Waals surface area contributed by atoms with Crippen LogP contribution >= 0.6 is 0 Å². The monoisotopic (exact) mass is 264 g/mol. The highest BCUT2D eigenvalue weighted by Crippen LogP contribution is 2.27. The van der Waals surface area contributed by atoms with E-state index in [4.69, 9.17) is 14.6 Å². The van der Waals surface area contributed by atoms with Crippen LogP contribution in [0, 0.1) is 0 Å². The molecule has 0 amide bonds. The lowest BCUT2D eigenvalue weighted by Gasteiger charge is -2.05. The Morgan fingerprint density at radius 2 is 1.89 bits per heavy atom. The van der Waals surface area contributed by atoms with Crippen molar-refractivity contribution in [2.75, 3.05) is 14.2 Å². The molecule has 0 saturated heterocycles. The van der Waals surface area contributed by atoms with E-state index in [-0.39, 0.29) is 6.54 Å². The van der Waals surface area contributed by atoms with Gasteiger partial charge in [0.1, 0.15) is 11.5 Å². The zero-order chi connectivity index (χ0) is 13.8. The molecule has 1 N–H and O–H groups in total. The highest BCUT2D eigenvalue weighted by atomic mass is 16.5. The van der Waals surface area contributed by atoms with Crippen molar-refractivity contribution in [1.82, 2.24) is 20.2 Å². The van der Waals surface area contributed by atoms with Crippen molar-refractivity contribution < 1.29 is 19.4 Å². The predicted octanol–water partition coefficient (Wildman–Crippen LogP) is 0.442. The smallest absolute Gasteiger partial charge is 0.327 e. The molecule has 0 radical (unpaired) electrons. The number of hydrogen-bond donors (Lipinski definition) is 1. The number of carboxylic acid groups (broad SMARTS) is 1. The number of methoxy groups -OCH3 is 2. The SMILES string of the molecule is COc1cc(OC)cc(-c2nnn(CC(=O)O)n2)c1. The van der Waals surface area contributed by atoms with Crippen molar-refractivity contribution in [1.29, 1.82) is 0 Å². The third-order valence-corrected chi connectivity index (χ3v) is 2.34. The van der Waals surface area contributed by atoms with Gasteiger partial charge in [-0.05, 0) is 17.3 Å². The standard InChI is InChI=1S/C11H12N4O4/c1-18-8-3-7(4-9(5-8)19-2)11-12-14-15(13-11)6-10(16)17/h3-5H,6H2,1-2H3,(H,16,17). The van der Waals surface area contributed by atoms with Gasteiger partial charge < -0.3 is 14.6 Å². The lowest BCUT2D eigenvalue weighted by atomic mass is 10.2. The predicted molar refractivity (Wildman–Crippen MR) is 64.0 cm³/mol. The highest BCUT2D eigenvalue weighted by Gasteiger charge is 2.11. The Hall–Kier alpha value is -2.64. The van der Waals surface area contributed by atoms with Crippen molar-refractivity contribution in [2.45, 2.75) is 6.54 Å². The number of tetrazole rings is 1. The molecular formula is C11H12N4O4. The number of ether oxygens (including phenoxy) is 2. The first-order valence-corrected chi connectivity index (χ1v) is 5.35. The summed E-state index contributed by atoms with van der Waals surface area (Å²) in [6, 6.07) is 5.14. The molecular weight excluding hydrogens is 252 g/mol. The van der Waals surface area contributed by atoms with E-state index in [9.17, 15) is 4.79 Å². The molecule has 8 heteroatoms. The van der Waals surface area contributed by atoms with Crippen molar-refractivity contribution in [2.24, 2.45) is 0 Å². The van der Waals surface area contributed by atoms with E-state index in [0.717, 1.165) is 4.80 Å². The maximum Gasteiger partial charge on any atom is 0.327 e. The van der Waals surface area contributed by atoms with Gasteiger partial charge in [-0.15, -0.1) is 10.2 Å². The van der Waals surface area contributed by atoms with Gasteiger partial charge in [0.25, 0.3) is 0 Å². The van der Waals surface area contributed by atoms with Gasteiger partial charge in [-0.1, -0.05) is 0 Å². The largest absolute Gasteiger partial charge is 0.497 e. The minimum absolute atomic E-state index is 0.304. The Bertz CT molecular complexity index is 574. The number of nitrogens with zero attached hydrogens (tertiary/aromatic N) is 4. The van der Waals surface area contributed by atoms with Crippen molar-refractivity contribution >= 4 is 5.97 Å². The molecule has 19 heavy (non-hydrogen) atoms. The topological polar surface area (TPSA) is 99.4 Å². The molecule has 1 aromatic heterocycles. The Kier molecular flexibility index (Phi) is 3.60. The summed E-state index contributed by atoms with van der Waals surface area (Å²) in [6.45, 7) is -0.339. The third kappa shape index (κ3) is 2.97. The summed E-state index contributed by atoms with van der Waals surface area (Å²) in [5, 5.41) is 20.1. The highest BCUT2D eigenvalue weighted by molar-refractivity contribution is 5.66. The summed E-state index contributed by atoms with van der Waals surface area (Å²) in [6.07, 6.45) is 0. The van der Waals surface area contributed by atoms with E-state index in [2.05, 4.69) is 15.4 Å². The molecule has 0 aliphatic heterocycles. The van der Waals surface area contributed by atoms with Crippen LogP contribution in [0.3, 0.4) is 0 Å². The van der Waals surface area contributed by atoms with Gasteiger partial charge in [-0.3, -0.25) is 4.79 Å². The molecule has 2 aromatic rings. The van der Waals surface area contributed by atoms with E-state index in [1.165, 1.54) is 14.2 Å². The number of hydrogen-bond acceptors (Lipinski definition) is 6. The molecule has 100 valence electrons. The first-order chi connectivity index (χ1) is 9.12. The van der Waals surface area contributed by atoms with Gasteiger partial charge in [-0.2, -0.15) is 4.80 Å². The van der Waals surface area contributed by atoms with Gasteiger partial charge in [0, 0.05) is 11.6 Å². The van der Waals surface area contributed by atoms with Crippen LogP contribution in [0.15, 0.2) is 18.2 Å². The van der Waals surface area contributed by atoms with Gasteiger partial charge >= 0.3 is 5.97 Å². The molecule has 0 aliphatic rings. The summed E-state index contributed by atoms with van der Waals surface area (Å²) in [5.74, 6) is 0.443.